The second kappa shape index (κ2) is 15.5. The summed E-state index contributed by atoms with van der Waals surface area (Å²) in [6.07, 6.45) is 0. The molecule has 0 aliphatic carbocycles. The fourth-order valence-electron chi connectivity index (χ4n) is 8.50. The first kappa shape index (κ1) is 35.9. The Kier molecular flexibility index (Phi) is 9.14. The molecular weight excluding hydrogens is 741 g/mol. The van der Waals surface area contributed by atoms with Gasteiger partial charge in [0.05, 0.1) is 22.6 Å². The molecule has 8 aromatic carbocycles. The quantitative estimate of drug-likeness (QED) is 0.154. The van der Waals surface area contributed by atoms with Crippen LogP contribution in [0.3, 0.4) is 0 Å². The third-order valence-electron chi connectivity index (χ3n) is 11.4. The van der Waals surface area contributed by atoms with E-state index in [1.807, 2.05) is 36.4 Å². The van der Waals surface area contributed by atoms with Crippen molar-refractivity contribution in [3.8, 4) is 89.8 Å². The van der Waals surface area contributed by atoms with Crippen molar-refractivity contribution in [2.75, 3.05) is 0 Å². The van der Waals surface area contributed by atoms with Gasteiger partial charge < -0.3 is 0 Å². The second-order valence-electron chi connectivity index (χ2n) is 15.2. The summed E-state index contributed by atoms with van der Waals surface area (Å²) in [6.45, 7) is 0. The van der Waals surface area contributed by atoms with Gasteiger partial charge >= 0.3 is 0 Å². The molecule has 0 atom stereocenters. The summed E-state index contributed by atoms with van der Waals surface area (Å²) >= 11 is 0. The molecule has 0 saturated carbocycles. The molecule has 4 heteroatoms. The Labute approximate surface area is 354 Å². The van der Waals surface area contributed by atoms with E-state index in [1.54, 1.807) is 0 Å². The van der Waals surface area contributed by atoms with Crippen LogP contribution in [0.5, 0.6) is 0 Å². The van der Waals surface area contributed by atoms with E-state index in [2.05, 4.69) is 199 Å². The number of rotatable bonds is 8. The average molecular weight is 779 g/mol. The predicted molar refractivity (Wildman–Crippen MR) is 252 cm³/mol. The van der Waals surface area contributed by atoms with Crippen molar-refractivity contribution >= 4 is 16.3 Å². The molecular formula is C57H38N4. The molecule has 4 nitrogen and oxygen atoms in total. The van der Waals surface area contributed by atoms with Crippen LogP contribution in [0.4, 0.5) is 0 Å². The van der Waals surface area contributed by atoms with Crippen molar-refractivity contribution in [2.45, 2.75) is 0 Å². The molecule has 0 amide bonds. The molecule has 0 spiro atoms. The predicted octanol–water partition coefficient (Wildman–Crippen LogP) is 14.6. The van der Waals surface area contributed by atoms with Crippen LogP contribution in [0, 0.1) is 0 Å². The second-order valence-corrected chi connectivity index (χ2v) is 15.2. The Hall–Kier alpha value is -8.21. The summed E-state index contributed by atoms with van der Waals surface area (Å²) in [6, 6.07) is 81.0. The van der Waals surface area contributed by atoms with Gasteiger partial charge in [-0.15, -0.1) is 0 Å². The van der Waals surface area contributed by atoms with Crippen LogP contribution in [0.2, 0.25) is 0 Å². The summed E-state index contributed by atoms with van der Waals surface area (Å²) in [5, 5.41) is 7.73. The Morgan fingerprint density at radius 2 is 0.770 bits per heavy atom. The highest BCUT2D eigenvalue weighted by molar-refractivity contribution is 6.12. The van der Waals surface area contributed by atoms with Gasteiger partial charge in [-0.25, -0.2) is 14.5 Å². The molecule has 3 heterocycles. The number of aromatic nitrogens is 4. The highest BCUT2D eigenvalue weighted by atomic mass is 15.2. The lowest BCUT2D eigenvalue weighted by atomic mass is 9.92. The minimum absolute atomic E-state index is 0.689. The van der Waals surface area contributed by atoms with E-state index in [9.17, 15) is 0 Å². The minimum Gasteiger partial charge on any atom is -0.231 e. The lowest BCUT2D eigenvalue weighted by Crippen LogP contribution is -1.97. The molecule has 0 N–H and O–H groups in total. The normalized spacial score (nSPS) is 11.3. The van der Waals surface area contributed by atoms with Gasteiger partial charge in [0.1, 0.15) is 5.69 Å². The zero-order chi connectivity index (χ0) is 40.5. The Bertz CT molecular complexity index is 3270. The van der Waals surface area contributed by atoms with Crippen LogP contribution >= 0.6 is 0 Å². The summed E-state index contributed by atoms with van der Waals surface area (Å²) in [5.41, 5.74) is 16.8. The van der Waals surface area contributed by atoms with E-state index in [0.717, 1.165) is 100 Å². The minimum atomic E-state index is 0.689. The first-order chi connectivity index (χ1) is 30.2. The van der Waals surface area contributed by atoms with Gasteiger partial charge in [-0.05, 0) is 57.5 Å². The molecule has 61 heavy (non-hydrogen) atoms. The van der Waals surface area contributed by atoms with Gasteiger partial charge in [-0.3, -0.25) is 0 Å². The number of hydrogen-bond acceptors (Lipinski definition) is 3. The molecule has 0 saturated heterocycles. The maximum Gasteiger partial charge on any atom is 0.160 e. The Balaban J connectivity index is 1.08. The van der Waals surface area contributed by atoms with E-state index in [1.165, 1.54) is 0 Å². The third-order valence-corrected chi connectivity index (χ3v) is 11.4. The van der Waals surface area contributed by atoms with Crippen molar-refractivity contribution in [3.05, 3.63) is 231 Å². The number of benzene rings is 8. The van der Waals surface area contributed by atoms with Crippen LogP contribution in [0.15, 0.2) is 231 Å². The first-order valence-corrected chi connectivity index (χ1v) is 20.6. The number of fused-ring (bicyclic) bond motifs is 3. The average Bonchev–Trinajstić information content (AvgIpc) is 3.76. The lowest BCUT2D eigenvalue weighted by molar-refractivity contribution is 0.979. The van der Waals surface area contributed by atoms with Gasteiger partial charge in [0.15, 0.2) is 5.82 Å². The van der Waals surface area contributed by atoms with Crippen molar-refractivity contribution in [2.24, 2.45) is 0 Å². The molecule has 0 aliphatic heterocycles. The Morgan fingerprint density at radius 1 is 0.311 bits per heavy atom. The van der Waals surface area contributed by atoms with Crippen LogP contribution in [-0.4, -0.2) is 19.6 Å². The molecule has 286 valence electrons. The first-order valence-electron chi connectivity index (χ1n) is 20.6. The summed E-state index contributed by atoms with van der Waals surface area (Å²) in [4.78, 5) is 10.2. The van der Waals surface area contributed by atoms with E-state index < -0.39 is 0 Å². The van der Waals surface area contributed by atoms with Crippen LogP contribution < -0.4 is 0 Å². The maximum atomic E-state index is 5.43. The molecule has 11 rings (SSSR count). The number of pyridine rings is 1. The van der Waals surface area contributed by atoms with E-state index >= 15 is 0 Å². The van der Waals surface area contributed by atoms with E-state index in [4.69, 9.17) is 15.1 Å². The van der Waals surface area contributed by atoms with Crippen LogP contribution in [-0.2, 0) is 0 Å². The summed E-state index contributed by atoms with van der Waals surface area (Å²) in [5.74, 6) is 0.689. The maximum absolute atomic E-state index is 5.43. The van der Waals surface area contributed by atoms with Gasteiger partial charge in [0.25, 0.3) is 0 Å². The van der Waals surface area contributed by atoms with Crippen molar-refractivity contribution in [1.82, 2.24) is 19.6 Å². The number of nitrogens with zero attached hydrogens (tertiary/aromatic N) is 4. The van der Waals surface area contributed by atoms with Crippen LogP contribution in [0.1, 0.15) is 0 Å². The van der Waals surface area contributed by atoms with E-state index in [-0.39, 0.29) is 0 Å². The molecule has 11 aromatic rings. The number of hydrogen-bond donors (Lipinski definition) is 0. The lowest BCUT2D eigenvalue weighted by Gasteiger charge is -2.15. The van der Waals surface area contributed by atoms with Crippen molar-refractivity contribution in [1.29, 1.82) is 0 Å². The fraction of sp³-hybridized carbons (Fsp3) is 0. The summed E-state index contributed by atoms with van der Waals surface area (Å²) < 4.78 is 2.16. The topological polar surface area (TPSA) is 43.1 Å². The zero-order valence-electron chi connectivity index (χ0n) is 33.2. The van der Waals surface area contributed by atoms with Gasteiger partial charge in [-0.1, -0.05) is 206 Å². The summed E-state index contributed by atoms with van der Waals surface area (Å²) in [7, 11) is 0. The highest BCUT2D eigenvalue weighted by Crippen LogP contribution is 2.43. The molecule has 0 bridgehead atoms. The highest BCUT2D eigenvalue weighted by Gasteiger charge is 2.23. The van der Waals surface area contributed by atoms with Gasteiger partial charge in [-0.2, -0.15) is 5.10 Å². The third kappa shape index (κ3) is 6.76. The SMILES string of the molecule is c1ccc(-c2cc(-c3ccccc3)nc(-c3cccc(-c4cccc(-c5cccc6c5cc(-c5ccccc5)n5nc(-c7ccccc7)c(-c7ccccc7)c65)c4)c3)n2)cc1. The monoisotopic (exact) mass is 778 g/mol. The van der Waals surface area contributed by atoms with Crippen molar-refractivity contribution < 1.29 is 0 Å². The standard InChI is InChI=1S/C57H38N4/c1-6-19-39(20-7-1)51-38-52(40-21-8-2-9-22-40)59-57(58-51)47-32-17-30-45(36-47)44-29-16-31-46(35-44)48-33-18-34-49-50(48)37-53(41-23-10-3-11-24-41)61-56(49)54(42-25-12-4-13-26-42)55(60-61)43-27-14-5-15-28-43/h1-38H. The Morgan fingerprint density at radius 3 is 1.36 bits per heavy atom. The molecule has 0 radical (unpaired) electrons. The smallest absolute Gasteiger partial charge is 0.160 e. The molecule has 0 fully saturated rings. The van der Waals surface area contributed by atoms with Crippen molar-refractivity contribution in [3.63, 3.8) is 0 Å². The van der Waals surface area contributed by atoms with Crippen LogP contribution in [0.25, 0.3) is 106 Å². The molecule has 0 aliphatic rings. The zero-order valence-corrected chi connectivity index (χ0v) is 33.2. The largest absolute Gasteiger partial charge is 0.231 e. The van der Waals surface area contributed by atoms with Gasteiger partial charge in [0, 0.05) is 38.8 Å². The fourth-order valence-corrected chi connectivity index (χ4v) is 8.50. The molecule has 3 aromatic heterocycles. The van der Waals surface area contributed by atoms with E-state index in [0.29, 0.717) is 5.82 Å². The van der Waals surface area contributed by atoms with Gasteiger partial charge in [0.2, 0.25) is 0 Å². The molecule has 0 unspecified atom stereocenters.